The molecule has 0 atom stereocenters. The third kappa shape index (κ3) is 4.05. The number of para-hydroxylation sites is 1. The van der Waals surface area contributed by atoms with Crippen molar-refractivity contribution in [1.82, 2.24) is 4.57 Å². The molecular formula is C24H25N3O3S. The number of amides is 1. The monoisotopic (exact) mass is 435 g/mol. The summed E-state index contributed by atoms with van der Waals surface area (Å²) >= 11 is 1.69. The van der Waals surface area contributed by atoms with Crippen molar-refractivity contribution in [3.8, 4) is 0 Å². The van der Waals surface area contributed by atoms with E-state index in [9.17, 15) is 9.59 Å². The molecule has 0 spiro atoms. The summed E-state index contributed by atoms with van der Waals surface area (Å²) in [5.41, 5.74) is 4.38. The van der Waals surface area contributed by atoms with Crippen molar-refractivity contribution in [3.05, 3.63) is 75.2 Å². The van der Waals surface area contributed by atoms with E-state index in [0.717, 1.165) is 35.6 Å². The summed E-state index contributed by atoms with van der Waals surface area (Å²) < 4.78 is 2.13. The number of thiophene rings is 1. The molecule has 1 amide bonds. The number of rotatable bonds is 8. The summed E-state index contributed by atoms with van der Waals surface area (Å²) in [5.74, 6) is -0.344. The fraction of sp³-hybridized carbons (Fsp3) is 0.292. The van der Waals surface area contributed by atoms with Gasteiger partial charge in [0, 0.05) is 33.9 Å². The topological polar surface area (TPSA) is 63.9 Å². The summed E-state index contributed by atoms with van der Waals surface area (Å²) in [5, 5.41) is 6.11. The van der Waals surface area contributed by atoms with Gasteiger partial charge in [0.1, 0.15) is 0 Å². The highest BCUT2D eigenvalue weighted by molar-refractivity contribution is 7.09. The Morgan fingerprint density at radius 2 is 1.97 bits per heavy atom. The van der Waals surface area contributed by atoms with Gasteiger partial charge in [-0.05, 0) is 43.8 Å². The zero-order chi connectivity index (χ0) is 22.0. The SMILES string of the molecule is CCCN1C(=O)/C(=N/OCC(=O)c2cc(C)n(Cc3cccs3)c2C)c2ccccc21. The van der Waals surface area contributed by atoms with E-state index in [-0.39, 0.29) is 24.0 Å². The van der Waals surface area contributed by atoms with E-state index >= 15 is 0 Å². The molecule has 0 saturated heterocycles. The lowest BCUT2D eigenvalue weighted by Crippen LogP contribution is -2.30. The molecule has 31 heavy (non-hydrogen) atoms. The lowest BCUT2D eigenvalue weighted by atomic mass is 10.1. The number of oxime groups is 1. The normalized spacial score (nSPS) is 14.4. The molecule has 7 heteroatoms. The number of carbonyl (C=O) groups is 2. The summed E-state index contributed by atoms with van der Waals surface area (Å²) in [6.07, 6.45) is 0.841. The maximum Gasteiger partial charge on any atom is 0.281 e. The van der Waals surface area contributed by atoms with Gasteiger partial charge in [-0.25, -0.2) is 0 Å². The number of Topliss-reactive ketones (excluding diaryl/α,β-unsaturated/α-hetero) is 1. The maximum absolute atomic E-state index is 12.8. The van der Waals surface area contributed by atoms with Crippen LogP contribution in [0.25, 0.3) is 0 Å². The highest BCUT2D eigenvalue weighted by atomic mass is 32.1. The fourth-order valence-electron chi connectivity index (χ4n) is 3.91. The Labute approximate surface area is 185 Å². The van der Waals surface area contributed by atoms with Crippen molar-refractivity contribution in [2.45, 2.75) is 33.7 Å². The highest BCUT2D eigenvalue weighted by Gasteiger charge is 2.33. The Kier molecular flexibility index (Phi) is 6.04. The smallest absolute Gasteiger partial charge is 0.281 e. The molecule has 0 aliphatic carbocycles. The molecule has 6 nitrogen and oxygen atoms in total. The van der Waals surface area contributed by atoms with Crippen molar-refractivity contribution >= 4 is 34.4 Å². The molecule has 0 bridgehead atoms. The predicted octanol–water partition coefficient (Wildman–Crippen LogP) is 4.57. The summed E-state index contributed by atoms with van der Waals surface area (Å²) in [6, 6.07) is 13.5. The average molecular weight is 436 g/mol. The van der Waals surface area contributed by atoms with E-state index in [1.807, 2.05) is 62.5 Å². The van der Waals surface area contributed by atoms with Gasteiger partial charge in [-0.15, -0.1) is 11.3 Å². The summed E-state index contributed by atoms with van der Waals surface area (Å²) in [7, 11) is 0. The van der Waals surface area contributed by atoms with Crippen molar-refractivity contribution in [2.24, 2.45) is 5.16 Å². The van der Waals surface area contributed by atoms with E-state index < -0.39 is 0 Å². The van der Waals surface area contributed by atoms with Gasteiger partial charge in [0.15, 0.2) is 12.3 Å². The number of benzene rings is 1. The molecule has 0 saturated carbocycles. The first-order valence-electron chi connectivity index (χ1n) is 10.3. The number of aryl methyl sites for hydroxylation is 1. The van der Waals surface area contributed by atoms with Gasteiger partial charge < -0.3 is 14.3 Å². The molecule has 3 heterocycles. The third-order valence-corrected chi connectivity index (χ3v) is 6.33. The first-order valence-corrected chi connectivity index (χ1v) is 11.2. The molecule has 1 aromatic carbocycles. The molecule has 3 aromatic rings. The van der Waals surface area contributed by atoms with Crippen LogP contribution in [0.2, 0.25) is 0 Å². The molecule has 2 aromatic heterocycles. The molecule has 1 aliphatic heterocycles. The van der Waals surface area contributed by atoms with Crippen LogP contribution in [-0.2, 0) is 16.2 Å². The number of carbonyl (C=O) groups excluding carboxylic acids is 2. The molecule has 1 aliphatic rings. The van der Waals surface area contributed by atoms with Gasteiger partial charge >= 0.3 is 0 Å². The van der Waals surface area contributed by atoms with Crippen LogP contribution in [-0.4, -0.2) is 35.1 Å². The van der Waals surface area contributed by atoms with Crippen LogP contribution < -0.4 is 4.90 Å². The Balaban J connectivity index is 1.48. The first-order chi connectivity index (χ1) is 15.0. The molecule has 0 N–H and O–H groups in total. The number of aromatic nitrogens is 1. The molecule has 0 unspecified atom stereocenters. The maximum atomic E-state index is 12.8. The van der Waals surface area contributed by atoms with E-state index in [1.54, 1.807) is 16.2 Å². The summed E-state index contributed by atoms with van der Waals surface area (Å²) in [6.45, 7) is 7.10. The van der Waals surface area contributed by atoms with Crippen LogP contribution in [0, 0.1) is 13.8 Å². The average Bonchev–Trinajstić information content (AvgIpc) is 3.44. The second-order valence-corrected chi connectivity index (χ2v) is 8.59. The van der Waals surface area contributed by atoms with Crippen LogP contribution >= 0.6 is 11.3 Å². The van der Waals surface area contributed by atoms with Crippen LogP contribution in [0.3, 0.4) is 0 Å². The van der Waals surface area contributed by atoms with Gasteiger partial charge in [0.25, 0.3) is 5.91 Å². The fourth-order valence-corrected chi connectivity index (χ4v) is 4.61. The Morgan fingerprint density at radius 1 is 1.16 bits per heavy atom. The molecular weight excluding hydrogens is 410 g/mol. The van der Waals surface area contributed by atoms with E-state index in [4.69, 9.17) is 4.84 Å². The van der Waals surface area contributed by atoms with Crippen molar-refractivity contribution in [1.29, 1.82) is 0 Å². The number of nitrogens with zero attached hydrogens (tertiary/aromatic N) is 3. The molecule has 0 radical (unpaired) electrons. The number of hydrogen-bond acceptors (Lipinski definition) is 5. The second-order valence-electron chi connectivity index (χ2n) is 7.56. The second kappa shape index (κ2) is 8.89. The zero-order valence-electron chi connectivity index (χ0n) is 17.9. The molecule has 160 valence electrons. The first kappa shape index (κ1) is 21.1. The van der Waals surface area contributed by atoms with Crippen molar-refractivity contribution in [3.63, 3.8) is 0 Å². The van der Waals surface area contributed by atoms with Crippen LogP contribution in [0.15, 0.2) is 53.0 Å². The van der Waals surface area contributed by atoms with Gasteiger partial charge in [-0.2, -0.15) is 0 Å². The highest BCUT2D eigenvalue weighted by Crippen LogP contribution is 2.29. The van der Waals surface area contributed by atoms with E-state index in [1.165, 1.54) is 4.88 Å². The van der Waals surface area contributed by atoms with Gasteiger partial charge in [0.05, 0.1) is 12.2 Å². The number of fused-ring (bicyclic) bond motifs is 1. The van der Waals surface area contributed by atoms with Gasteiger partial charge in [0.2, 0.25) is 5.78 Å². The zero-order valence-corrected chi connectivity index (χ0v) is 18.7. The minimum atomic E-state index is -0.212. The number of ketones is 1. The standard InChI is InChI=1S/C24H25N3O3S/c1-4-11-26-21-10-6-5-9-19(21)23(24(26)29)25-30-15-22(28)20-13-16(2)27(17(20)3)14-18-8-7-12-31-18/h5-10,12-13H,4,11,14-15H2,1-3H3/b25-23+. The Hall–Kier alpha value is -3.19. The van der Waals surface area contributed by atoms with Crippen molar-refractivity contribution in [2.75, 3.05) is 18.1 Å². The van der Waals surface area contributed by atoms with Crippen LogP contribution in [0.1, 0.15) is 45.5 Å². The molecule has 4 rings (SSSR count). The van der Waals surface area contributed by atoms with E-state index in [2.05, 4.69) is 15.8 Å². The quantitative estimate of drug-likeness (QED) is 0.384. The van der Waals surface area contributed by atoms with Crippen molar-refractivity contribution < 1.29 is 14.4 Å². The minimum absolute atomic E-state index is 0.154. The Bertz CT molecular complexity index is 1150. The lowest BCUT2D eigenvalue weighted by molar-refractivity contribution is -0.112. The predicted molar refractivity (Wildman–Crippen MR) is 123 cm³/mol. The third-order valence-electron chi connectivity index (χ3n) is 5.46. The molecule has 0 fully saturated rings. The lowest BCUT2D eigenvalue weighted by Gasteiger charge is -2.14. The summed E-state index contributed by atoms with van der Waals surface area (Å²) in [4.78, 5) is 33.9. The minimum Gasteiger partial charge on any atom is -0.387 e. The number of hydrogen-bond donors (Lipinski definition) is 0. The van der Waals surface area contributed by atoms with Gasteiger partial charge in [-0.1, -0.05) is 36.3 Å². The van der Waals surface area contributed by atoms with Gasteiger partial charge in [-0.3, -0.25) is 9.59 Å². The van der Waals surface area contributed by atoms with Crippen LogP contribution in [0.5, 0.6) is 0 Å². The largest absolute Gasteiger partial charge is 0.387 e. The van der Waals surface area contributed by atoms with E-state index in [0.29, 0.717) is 12.1 Å². The number of anilines is 1. The van der Waals surface area contributed by atoms with Crippen LogP contribution in [0.4, 0.5) is 5.69 Å². The Morgan fingerprint density at radius 3 is 2.71 bits per heavy atom.